The number of carbonyl (C=O) groups is 3. The zero-order chi connectivity index (χ0) is 28.4. The van der Waals surface area contributed by atoms with E-state index in [2.05, 4.69) is 27.7 Å². The molecule has 1 atom stereocenters. The number of esters is 2. The molecule has 4 rings (SSSR count). The topological polar surface area (TPSA) is 101 Å². The number of aromatic nitrogens is 1. The average Bonchev–Trinajstić information content (AvgIpc) is 3.21. The second-order valence-corrected chi connectivity index (χ2v) is 11.1. The lowest BCUT2D eigenvalue weighted by molar-refractivity contribution is -0.133. The zero-order valence-corrected chi connectivity index (χ0v) is 23.9. The van der Waals surface area contributed by atoms with Crippen LogP contribution in [-0.4, -0.2) is 36.1 Å². The SMILES string of the molecule is CCOC(=O)c1c(N)/c(=C\c2ccc(C(C)C)cc2)c2n1C(=O)[C@@H](c1ccc(C(C)C)cc1)SC=2C(=O)OC. The third-order valence-corrected chi connectivity index (χ3v) is 8.11. The number of methoxy groups -OCH3 is 1. The Bertz CT molecular complexity index is 1530. The molecule has 0 saturated carbocycles. The summed E-state index contributed by atoms with van der Waals surface area (Å²) in [5.74, 6) is -1.05. The van der Waals surface area contributed by atoms with Crippen molar-refractivity contribution in [3.63, 3.8) is 0 Å². The molecule has 2 N–H and O–H groups in total. The van der Waals surface area contributed by atoms with Gasteiger partial charge in [0, 0.05) is 5.22 Å². The highest BCUT2D eigenvalue weighted by atomic mass is 32.2. The van der Waals surface area contributed by atoms with Gasteiger partial charge in [0.15, 0.2) is 5.69 Å². The molecule has 204 valence electrons. The van der Waals surface area contributed by atoms with Gasteiger partial charge in [0.25, 0.3) is 0 Å². The monoisotopic (exact) mass is 546 g/mol. The van der Waals surface area contributed by atoms with Crippen LogP contribution < -0.4 is 16.3 Å². The van der Waals surface area contributed by atoms with E-state index in [1.54, 1.807) is 13.0 Å². The first-order valence-corrected chi connectivity index (χ1v) is 13.9. The third-order valence-electron chi connectivity index (χ3n) is 6.80. The molecule has 1 aromatic heterocycles. The molecule has 0 spiro atoms. The number of anilines is 1. The molecule has 0 bridgehead atoms. The molecule has 0 aliphatic carbocycles. The van der Waals surface area contributed by atoms with Gasteiger partial charge in [0.2, 0.25) is 5.91 Å². The van der Waals surface area contributed by atoms with Gasteiger partial charge < -0.3 is 15.2 Å². The van der Waals surface area contributed by atoms with Crippen molar-refractivity contribution in [3.05, 3.63) is 87.0 Å². The summed E-state index contributed by atoms with van der Waals surface area (Å²) in [7, 11) is 1.29. The third kappa shape index (κ3) is 5.39. The van der Waals surface area contributed by atoms with Crippen molar-refractivity contribution in [1.29, 1.82) is 0 Å². The Labute approximate surface area is 232 Å². The molecule has 0 fully saturated rings. The molecule has 0 unspecified atom stereocenters. The van der Waals surface area contributed by atoms with E-state index in [1.165, 1.54) is 17.2 Å². The molecule has 8 heteroatoms. The fourth-order valence-corrected chi connectivity index (χ4v) is 5.82. The summed E-state index contributed by atoms with van der Waals surface area (Å²) in [6, 6.07) is 15.6. The van der Waals surface area contributed by atoms with Crippen molar-refractivity contribution < 1.29 is 23.9 Å². The molecule has 3 aromatic rings. The van der Waals surface area contributed by atoms with Crippen LogP contribution >= 0.6 is 11.8 Å². The van der Waals surface area contributed by atoms with Crippen molar-refractivity contribution in [3.8, 4) is 0 Å². The predicted molar refractivity (Wildman–Crippen MR) is 155 cm³/mol. The van der Waals surface area contributed by atoms with Crippen LogP contribution in [0.3, 0.4) is 0 Å². The first kappa shape index (κ1) is 28.2. The predicted octanol–water partition coefficient (Wildman–Crippen LogP) is 4.73. The van der Waals surface area contributed by atoms with Crippen LogP contribution in [0.15, 0.2) is 48.5 Å². The molecule has 2 heterocycles. The van der Waals surface area contributed by atoms with Crippen LogP contribution in [0.25, 0.3) is 11.0 Å². The lowest BCUT2D eigenvalue weighted by Crippen LogP contribution is -2.42. The summed E-state index contributed by atoms with van der Waals surface area (Å²) in [5.41, 5.74) is 10.4. The van der Waals surface area contributed by atoms with Gasteiger partial charge in [-0.25, -0.2) is 9.59 Å². The summed E-state index contributed by atoms with van der Waals surface area (Å²) in [6.45, 7) is 10.2. The molecule has 0 saturated heterocycles. The van der Waals surface area contributed by atoms with E-state index < -0.39 is 17.2 Å². The number of carbonyl (C=O) groups excluding carboxylic acids is 3. The highest BCUT2D eigenvalue weighted by Crippen LogP contribution is 2.40. The van der Waals surface area contributed by atoms with Crippen LogP contribution in [0.5, 0.6) is 0 Å². The smallest absolute Gasteiger partial charge is 0.357 e. The van der Waals surface area contributed by atoms with Crippen molar-refractivity contribution in [1.82, 2.24) is 4.57 Å². The van der Waals surface area contributed by atoms with Gasteiger partial charge in [-0.15, -0.1) is 0 Å². The van der Waals surface area contributed by atoms with Gasteiger partial charge in [-0.3, -0.25) is 9.36 Å². The summed E-state index contributed by atoms with van der Waals surface area (Å²) in [6.07, 6.45) is 1.78. The van der Waals surface area contributed by atoms with Crippen LogP contribution in [0.2, 0.25) is 0 Å². The number of nitrogen functional groups attached to an aromatic ring is 1. The van der Waals surface area contributed by atoms with E-state index in [-0.39, 0.29) is 34.1 Å². The molecule has 2 aromatic carbocycles. The normalized spacial score (nSPS) is 15.6. The Morgan fingerprint density at radius 3 is 2.05 bits per heavy atom. The van der Waals surface area contributed by atoms with Crippen molar-refractivity contribution in [2.75, 3.05) is 19.5 Å². The number of fused-ring (bicyclic) bond motifs is 1. The molecule has 1 aliphatic rings. The number of hydrogen-bond donors (Lipinski definition) is 1. The minimum absolute atomic E-state index is 0.0718. The van der Waals surface area contributed by atoms with Crippen LogP contribution in [0.1, 0.15) is 89.2 Å². The number of thioether (sulfide) groups is 1. The van der Waals surface area contributed by atoms with Gasteiger partial charge in [-0.1, -0.05) is 88.0 Å². The van der Waals surface area contributed by atoms with Gasteiger partial charge in [-0.05, 0) is 47.1 Å². The number of rotatable bonds is 7. The van der Waals surface area contributed by atoms with E-state index in [9.17, 15) is 14.4 Å². The summed E-state index contributed by atoms with van der Waals surface area (Å²) >= 11 is 1.10. The van der Waals surface area contributed by atoms with Gasteiger partial charge in [0.1, 0.15) is 10.2 Å². The van der Waals surface area contributed by atoms with Crippen LogP contribution in [0, 0.1) is 0 Å². The van der Waals surface area contributed by atoms with E-state index in [1.807, 2.05) is 48.5 Å². The Morgan fingerprint density at radius 1 is 0.974 bits per heavy atom. The molecular formula is C31H34N2O5S. The second-order valence-electron chi connectivity index (χ2n) is 10.0. The molecule has 7 nitrogen and oxygen atoms in total. The average molecular weight is 547 g/mol. The van der Waals surface area contributed by atoms with Crippen LogP contribution in [-0.2, 0) is 14.3 Å². The Hall–Kier alpha value is -3.78. The standard InChI is InChI=1S/C31H34N2O5S/c1-7-38-30(35)26-24(32)23(16-19-8-10-20(11-9-19)17(2)3)25-28(31(36)37-6)39-27(29(34)33(25)26)22-14-12-21(13-15-22)18(4)5/h8-18,27H,7,32H2,1-6H3/b23-16+/t27-/m1/s1. The maximum Gasteiger partial charge on any atom is 0.357 e. The quantitative estimate of drug-likeness (QED) is 0.428. The summed E-state index contributed by atoms with van der Waals surface area (Å²) in [4.78, 5) is 40.5. The number of benzene rings is 2. The minimum Gasteiger partial charge on any atom is -0.465 e. The van der Waals surface area contributed by atoms with E-state index in [4.69, 9.17) is 15.2 Å². The Kier molecular flexibility index (Phi) is 8.35. The summed E-state index contributed by atoms with van der Waals surface area (Å²) < 4.78 is 11.7. The van der Waals surface area contributed by atoms with Gasteiger partial charge in [0.05, 0.1) is 24.8 Å². The molecule has 1 aliphatic heterocycles. The van der Waals surface area contributed by atoms with Crippen molar-refractivity contribution >= 4 is 46.3 Å². The Morgan fingerprint density at radius 2 is 1.54 bits per heavy atom. The van der Waals surface area contributed by atoms with Gasteiger partial charge in [-0.2, -0.15) is 0 Å². The number of nitrogens with two attached hydrogens (primary N) is 1. The van der Waals surface area contributed by atoms with E-state index in [0.29, 0.717) is 22.6 Å². The Balaban J connectivity index is 2.01. The highest BCUT2D eigenvalue weighted by Gasteiger charge is 2.38. The van der Waals surface area contributed by atoms with Crippen molar-refractivity contribution in [2.45, 2.75) is 51.7 Å². The highest BCUT2D eigenvalue weighted by molar-refractivity contribution is 8.10. The fourth-order valence-electron chi connectivity index (χ4n) is 4.59. The lowest BCUT2D eigenvalue weighted by Gasteiger charge is -2.23. The fraction of sp³-hybridized carbons (Fsp3) is 0.323. The maximum atomic E-state index is 14.1. The van der Waals surface area contributed by atoms with Crippen LogP contribution in [0.4, 0.5) is 5.69 Å². The van der Waals surface area contributed by atoms with Gasteiger partial charge >= 0.3 is 11.9 Å². The van der Waals surface area contributed by atoms with Crippen molar-refractivity contribution in [2.24, 2.45) is 0 Å². The number of ether oxygens (including phenoxy) is 2. The molecule has 39 heavy (non-hydrogen) atoms. The maximum absolute atomic E-state index is 14.1. The first-order chi connectivity index (χ1) is 18.6. The number of nitrogens with zero attached hydrogens (tertiary/aromatic N) is 1. The van der Waals surface area contributed by atoms with E-state index in [0.717, 1.165) is 22.9 Å². The zero-order valence-electron chi connectivity index (χ0n) is 23.1. The van der Waals surface area contributed by atoms with E-state index >= 15 is 0 Å². The first-order valence-electron chi connectivity index (χ1n) is 13.0. The number of hydrogen-bond acceptors (Lipinski definition) is 7. The minimum atomic E-state index is -0.786. The lowest BCUT2D eigenvalue weighted by atomic mass is 10.0. The second kappa shape index (κ2) is 11.5. The molecule has 0 radical (unpaired) electrons. The molecule has 0 amide bonds. The largest absolute Gasteiger partial charge is 0.465 e. The molecular weight excluding hydrogens is 512 g/mol. The summed E-state index contributed by atoms with van der Waals surface area (Å²) in [5, 5.41) is -0.156.